The van der Waals surface area contributed by atoms with Crippen molar-refractivity contribution in [3.05, 3.63) is 51.7 Å². The molecule has 21 heavy (non-hydrogen) atoms. The van der Waals surface area contributed by atoms with Crippen LogP contribution >= 0.6 is 15.9 Å². The van der Waals surface area contributed by atoms with E-state index in [1.807, 2.05) is 25.3 Å². The van der Waals surface area contributed by atoms with Crippen molar-refractivity contribution < 1.29 is 13.0 Å². The van der Waals surface area contributed by atoms with Crippen LogP contribution < -0.4 is 5.84 Å². The molecule has 1 aliphatic heterocycles. The van der Waals surface area contributed by atoms with Crippen LogP contribution in [0.15, 0.2) is 39.9 Å². The summed E-state index contributed by atoms with van der Waals surface area (Å²) in [5, 5.41) is 1.62. The van der Waals surface area contributed by atoms with E-state index in [1.165, 1.54) is 0 Å². The first kappa shape index (κ1) is 17.9. The van der Waals surface area contributed by atoms with E-state index in [2.05, 4.69) is 15.9 Å². The highest BCUT2D eigenvalue weighted by Crippen LogP contribution is 2.20. The summed E-state index contributed by atoms with van der Waals surface area (Å²) in [7, 11) is -4.08. The first-order valence-corrected chi connectivity index (χ1v) is 8.44. The Morgan fingerprint density at radius 1 is 1.24 bits per heavy atom. The van der Waals surface area contributed by atoms with E-state index in [4.69, 9.17) is 10.4 Å². The molecule has 5 nitrogen and oxygen atoms in total. The molecule has 0 saturated heterocycles. The summed E-state index contributed by atoms with van der Waals surface area (Å²) in [6, 6.07) is 3.46. The summed E-state index contributed by atoms with van der Waals surface area (Å²) in [5.41, 5.74) is 2.16. The van der Waals surface area contributed by atoms with Crippen molar-refractivity contribution in [2.75, 3.05) is 6.54 Å². The summed E-state index contributed by atoms with van der Waals surface area (Å²) >= 11 is 3.32. The van der Waals surface area contributed by atoms with Gasteiger partial charge in [0.15, 0.2) is 0 Å². The van der Waals surface area contributed by atoms with Crippen LogP contribution in [0.5, 0.6) is 0 Å². The van der Waals surface area contributed by atoms with Gasteiger partial charge in [0.05, 0.1) is 11.4 Å². The maximum atomic E-state index is 10.9. The Bertz CT molecular complexity index is 658. The number of aryl methyl sites for hydroxylation is 3. The third kappa shape index (κ3) is 5.62. The molecule has 0 aliphatic carbocycles. The minimum atomic E-state index is -4.08. The van der Waals surface area contributed by atoms with Gasteiger partial charge in [-0.25, -0.2) is 5.84 Å². The van der Waals surface area contributed by atoms with Gasteiger partial charge >= 0.3 is 0 Å². The maximum Gasteiger partial charge on any atom is 0.295 e. The van der Waals surface area contributed by atoms with E-state index in [0.29, 0.717) is 11.1 Å². The molecule has 2 rings (SSSR count). The van der Waals surface area contributed by atoms with Crippen molar-refractivity contribution >= 4 is 26.0 Å². The van der Waals surface area contributed by atoms with Crippen LogP contribution in [0.25, 0.3) is 0 Å². The van der Waals surface area contributed by atoms with Gasteiger partial charge in [0.2, 0.25) is 0 Å². The van der Waals surface area contributed by atoms with Gasteiger partial charge in [0.1, 0.15) is 0 Å². The van der Waals surface area contributed by atoms with Crippen LogP contribution in [-0.4, -0.2) is 24.5 Å². The van der Waals surface area contributed by atoms with Crippen LogP contribution in [0.1, 0.15) is 16.7 Å². The van der Waals surface area contributed by atoms with Gasteiger partial charge in [-0.05, 0) is 44.1 Å². The fraction of sp³-hybridized carbons (Fsp3) is 0.286. The smallest absolute Gasteiger partial charge is 0.295 e. The minimum absolute atomic E-state index is 0.0260. The maximum absolute atomic E-state index is 10.9. The van der Waals surface area contributed by atoms with Crippen LogP contribution in [0.3, 0.4) is 0 Å². The van der Waals surface area contributed by atoms with Crippen LogP contribution in [-0.2, 0) is 10.1 Å². The molecule has 0 radical (unpaired) electrons. The molecule has 0 atom stereocenters. The van der Waals surface area contributed by atoms with Gasteiger partial charge < -0.3 is 5.01 Å². The fourth-order valence-corrected chi connectivity index (χ4v) is 3.49. The van der Waals surface area contributed by atoms with E-state index >= 15 is 0 Å². The molecule has 0 amide bonds. The quantitative estimate of drug-likeness (QED) is 0.583. The van der Waals surface area contributed by atoms with Gasteiger partial charge in [-0.15, -0.1) is 0 Å². The predicted octanol–water partition coefficient (Wildman–Crippen LogP) is 2.83. The van der Waals surface area contributed by atoms with Crippen molar-refractivity contribution in [1.29, 1.82) is 0 Å². The number of hydrogen-bond donors (Lipinski definition) is 2. The lowest BCUT2D eigenvalue weighted by atomic mass is 10.1. The Balaban J connectivity index is 0.000000235. The number of halogens is 1. The van der Waals surface area contributed by atoms with Crippen LogP contribution in [0, 0.1) is 20.8 Å². The molecular formula is C14H19BrN2O3S. The van der Waals surface area contributed by atoms with E-state index in [-0.39, 0.29) is 4.90 Å². The fourth-order valence-electron chi connectivity index (χ4n) is 2.11. The molecule has 0 spiro atoms. The Kier molecular flexibility index (Phi) is 6.15. The number of allylic oxidation sites excluding steroid dienone is 2. The summed E-state index contributed by atoms with van der Waals surface area (Å²) in [5.74, 6) is 5.40. The van der Waals surface area contributed by atoms with E-state index in [0.717, 1.165) is 16.6 Å². The van der Waals surface area contributed by atoms with E-state index < -0.39 is 10.1 Å². The first-order valence-electron chi connectivity index (χ1n) is 6.21. The summed E-state index contributed by atoms with van der Waals surface area (Å²) in [6.07, 6.45) is 5.70. The molecule has 116 valence electrons. The topological polar surface area (TPSA) is 83.6 Å². The number of hydrazine groups is 1. The zero-order valence-electron chi connectivity index (χ0n) is 12.2. The average molecular weight is 375 g/mol. The average Bonchev–Trinajstić information content (AvgIpc) is 2.25. The Labute approximate surface area is 134 Å². The Morgan fingerprint density at radius 3 is 2.10 bits per heavy atom. The van der Waals surface area contributed by atoms with E-state index in [9.17, 15) is 8.42 Å². The molecule has 0 aromatic heterocycles. The highest BCUT2D eigenvalue weighted by molar-refractivity contribution is 9.11. The highest BCUT2D eigenvalue weighted by atomic mass is 79.9. The molecule has 0 saturated carbocycles. The Morgan fingerprint density at radius 2 is 1.76 bits per heavy atom. The third-order valence-electron chi connectivity index (χ3n) is 2.75. The van der Waals surface area contributed by atoms with Crippen molar-refractivity contribution in [1.82, 2.24) is 5.01 Å². The monoisotopic (exact) mass is 374 g/mol. The summed E-state index contributed by atoms with van der Waals surface area (Å²) in [4.78, 5) is 0.0260. The van der Waals surface area contributed by atoms with Crippen molar-refractivity contribution in [2.24, 2.45) is 5.84 Å². The van der Waals surface area contributed by atoms with Crippen LogP contribution in [0.4, 0.5) is 0 Å². The standard InChI is InChI=1S/C9H12O3S.C5H7BrN2/c1-6-4-7(2)9(8(3)5-6)13(10,11)12;6-5-2-1-3-8(7)4-5/h4-5H,1-3H3,(H,10,11,12);1-3H,4,7H2. The molecular weight excluding hydrogens is 356 g/mol. The second-order valence-corrected chi connectivity index (χ2v) is 7.21. The zero-order valence-corrected chi connectivity index (χ0v) is 14.6. The molecule has 1 aromatic rings. The van der Waals surface area contributed by atoms with Gasteiger partial charge in [0, 0.05) is 10.7 Å². The largest absolute Gasteiger partial charge is 0.313 e. The minimum Gasteiger partial charge on any atom is -0.313 e. The van der Waals surface area contributed by atoms with Gasteiger partial charge in [0.25, 0.3) is 10.1 Å². The summed E-state index contributed by atoms with van der Waals surface area (Å²) < 4.78 is 31.9. The number of nitrogens with zero attached hydrogens (tertiary/aromatic N) is 1. The molecule has 1 aliphatic rings. The molecule has 7 heteroatoms. The van der Waals surface area contributed by atoms with Gasteiger partial charge in [-0.2, -0.15) is 8.42 Å². The lowest BCUT2D eigenvalue weighted by Crippen LogP contribution is -2.27. The lowest BCUT2D eigenvalue weighted by molar-refractivity contribution is 0.432. The van der Waals surface area contributed by atoms with Crippen molar-refractivity contribution in [3.63, 3.8) is 0 Å². The zero-order chi connectivity index (χ0) is 16.2. The van der Waals surface area contributed by atoms with Crippen LogP contribution in [0.2, 0.25) is 0 Å². The number of rotatable bonds is 1. The lowest BCUT2D eigenvalue weighted by Gasteiger charge is -2.14. The van der Waals surface area contributed by atoms with Gasteiger partial charge in [-0.3, -0.25) is 4.55 Å². The predicted molar refractivity (Wildman–Crippen MR) is 87.5 cm³/mol. The third-order valence-corrected chi connectivity index (χ3v) is 4.43. The normalized spacial score (nSPS) is 14.4. The highest BCUT2D eigenvalue weighted by Gasteiger charge is 2.15. The number of hydrogen-bond acceptors (Lipinski definition) is 4. The number of benzene rings is 1. The first-order chi connectivity index (χ1) is 9.61. The molecule has 3 N–H and O–H groups in total. The van der Waals surface area contributed by atoms with Gasteiger partial charge in [-0.1, -0.05) is 33.6 Å². The SMILES string of the molecule is Cc1cc(C)c(S(=O)(=O)O)c(C)c1.NN1C=CC=C(Br)C1. The van der Waals surface area contributed by atoms with Crippen molar-refractivity contribution in [3.8, 4) is 0 Å². The second kappa shape index (κ2) is 7.22. The molecule has 0 fully saturated rings. The van der Waals surface area contributed by atoms with Crippen molar-refractivity contribution in [2.45, 2.75) is 25.7 Å². The molecule has 0 unspecified atom stereocenters. The Hall–Kier alpha value is -1.15. The molecule has 0 bridgehead atoms. The summed E-state index contributed by atoms with van der Waals surface area (Å²) in [6.45, 7) is 6.00. The molecule has 1 aromatic carbocycles. The number of nitrogens with two attached hydrogens (primary N) is 1. The second-order valence-electron chi connectivity index (χ2n) is 4.83. The van der Waals surface area contributed by atoms with E-state index in [1.54, 1.807) is 31.0 Å². The molecule has 1 heterocycles.